The van der Waals surface area contributed by atoms with Crippen molar-refractivity contribution >= 4 is 17.5 Å². The fourth-order valence-electron chi connectivity index (χ4n) is 3.36. The third-order valence-corrected chi connectivity index (χ3v) is 4.59. The number of para-hydroxylation sites is 1. The fourth-order valence-corrected chi connectivity index (χ4v) is 3.36. The number of carbonyl (C=O) groups is 2. The van der Waals surface area contributed by atoms with Crippen molar-refractivity contribution in [2.45, 2.75) is 12.8 Å². The van der Waals surface area contributed by atoms with Crippen molar-refractivity contribution in [3.05, 3.63) is 77.5 Å². The van der Waals surface area contributed by atoms with E-state index in [9.17, 15) is 9.59 Å². The average molecular weight is 333 g/mol. The van der Waals surface area contributed by atoms with Crippen molar-refractivity contribution in [1.29, 1.82) is 0 Å². The van der Waals surface area contributed by atoms with Gasteiger partial charge >= 0.3 is 0 Å². The highest BCUT2D eigenvalue weighted by molar-refractivity contribution is 6.22. The van der Waals surface area contributed by atoms with E-state index in [0.717, 1.165) is 19.4 Å². The van der Waals surface area contributed by atoms with Gasteiger partial charge in [-0.15, -0.1) is 0 Å². The molecule has 0 radical (unpaired) electrons. The number of imide groups is 1. The second-order valence-electron chi connectivity index (χ2n) is 6.16. The molecule has 2 aromatic rings. The van der Waals surface area contributed by atoms with Crippen molar-refractivity contribution in [2.75, 3.05) is 18.1 Å². The SMILES string of the molecule is O=C1c2ccccc2C(=O)N1C=CCNN1CCCc2ccccc21. The molecule has 0 saturated heterocycles. The number of amides is 2. The first-order valence-corrected chi connectivity index (χ1v) is 8.48. The van der Waals surface area contributed by atoms with Gasteiger partial charge in [-0.05, 0) is 36.6 Å². The van der Waals surface area contributed by atoms with Gasteiger partial charge in [0.2, 0.25) is 0 Å². The first kappa shape index (κ1) is 15.6. The third-order valence-electron chi connectivity index (χ3n) is 4.59. The van der Waals surface area contributed by atoms with Crippen molar-refractivity contribution < 1.29 is 9.59 Å². The maximum atomic E-state index is 12.3. The summed E-state index contributed by atoms with van der Waals surface area (Å²) in [6.07, 6.45) is 5.57. The molecule has 1 N–H and O–H groups in total. The zero-order chi connectivity index (χ0) is 17.2. The molecule has 0 atom stereocenters. The van der Waals surface area contributed by atoms with Gasteiger partial charge in [-0.25, -0.2) is 10.3 Å². The number of aryl methyl sites for hydroxylation is 1. The summed E-state index contributed by atoms with van der Waals surface area (Å²) >= 11 is 0. The summed E-state index contributed by atoms with van der Waals surface area (Å²) in [6, 6.07) is 15.3. The number of benzene rings is 2. The van der Waals surface area contributed by atoms with Crippen LogP contribution in [0.4, 0.5) is 5.69 Å². The van der Waals surface area contributed by atoms with Crippen LogP contribution in [-0.4, -0.2) is 29.8 Å². The van der Waals surface area contributed by atoms with Crippen LogP contribution in [-0.2, 0) is 6.42 Å². The van der Waals surface area contributed by atoms with E-state index in [1.54, 1.807) is 36.5 Å². The monoisotopic (exact) mass is 333 g/mol. The molecule has 0 spiro atoms. The molecule has 0 aromatic heterocycles. The zero-order valence-corrected chi connectivity index (χ0v) is 13.8. The van der Waals surface area contributed by atoms with Crippen molar-refractivity contribution in [1.82, 2.24) is 10.3 Å². The van der Waals surface area contributed by atoms with Crippen LogP contribution in [0.1, 0.15) is 32.7 Å². The molecule has 0 bridgehead atoms. The molecule has 0 fully saturated rings. The minimum Gasteiger partial charge on any atom is -0.308 e. The fraction of sp³-hybridized carbons (Fsp3) is 0.200. The number of nitrogens with one attached hydrogen (secondary N) is 1. The summed E-state index contributed by atoms with van der Waals surface area (Å²) in [5, 5.41) is 2.13. The lowest BCUT2D eigenvalue weighted by atomic mass is 10.0. The Morgan fingerprint density at radius 1 is 0.960 bits per heavy atom. The molecular formula is C20H19N3O2. The normalized spacial score (nSPS) is 16.5. The topological polar surface area (TPSA) is 52.7 Å². The lowest BCUT2D eigenvalue weighted by Crippen LogP contribution is -2.41. The average Bonchev–Trinajstić information content (AvgIpc) is 2.90. The standard InChI is InChI=1S/C20H19N3O2/c24-19-16-9-2-3-10-17(16)20(25)22(19)13-6-12-21-23-14-5-8-15-7-1-4-11-18(15)23/h1-4,6-7,9-11,13,21H,5,8,12,14H2. The highest BCUT2D eigenvalue weighted by Gasteiger charge is 2.33. The van der Waals surface area contributed by atoms with Gasteiger partial charge in [0, 0.05) is 19.3 Å². The molecule has 5 heteroatoms. The summed E-state index contributed by atoms with van der Waals surface area (Å²) in [5.41, 5.74) is 6.82. The maximum absolute atomic E-state index is 12.3. The molecule has 2 aromatic carbocycles. The number of rotatable bonds is 4. The van der Waals surface area contributed by atoms with Crippen molar-refractivity contribution in [2.24, 2.45) is 0 Å². The Hall–Kier alpha value is -2.92. The lowest BCUT2D eigenvalue weighted by Gasteiger charge is -2.31. The van der Waals surface area contributed by atoms with Gasteiger partial charge in [-0.3, -0.25) is 9.59 Å². The van der Waals surface area contributed by atoms with Crippen LogP contribution in [0.3, 0.4) is 0 Å². The number of fused-ring (bicyclic) bond motifs is 2. The van der Waals surface area contributed by atoms with E-state index in [-0.39, 0.29) is 11.8 Å². The first-order valence-electron chi connectivity index (χ1n) is 8.48. The summed E-state index contributed by atoms with van der Waals surface area (Å²) < 4.78 is 0. The number of hydrogen-bond acceptors (Lipinski definition) is 4. The number of anilines is 1. The van der Waals surface area contributed by atoms with Crippen molar-refractivity contribution in [3.8, 4) is 0 Å². The molecule has 5 nitrogen and oxygen atoms in total. The third kappa shape index (κ3) is 2.83. The predicted octanol–water partition coefficient (Wildman–Crippen LogP) is 2.75. The Balaban J connectivity index is 1.40. The number of hydrazine groups is 1. The van der Waals surface area contributed by atoms with Crippen LogP contribution in [0.5, 0.6) is 0 Å². The molecule has 0 aliphatic carbocycles. The molecule has 126 valence electrons. The van der Waals surface area contributed by atoms with Crippen LogP contribution in [0.2, 0.25) is 0 Å². The zero-order valence-electron chi connectivity index (χ0n) is 13.8. The van der Waals surface area contributed by atoms with E-state index in [0.29, 0.717) is 17.7 Å². The van der Waals surface area contributed by atoms with E-state index in [2.05, 4.69) is 28.6 Å². The summed E-state index contributed by atoms with van der Waals surface area (Å²) in [5.74, 6) is -0.527. The molecule has 2 aliphatic heterocycles. The smallest absolute Gasteiger partial charge is 0.265 e. The molecule has 2 heterocycles. The highest BCUT2D eigenvalue weighted by atomic mass is 16.2. The highest BCUT2D eigenvalue weighted by Crippen LogP contribution is 2.25. The Morgan fingerprint density at radius 2 is 1.64 bits per heavy atom. The molecule has 0 saturated carbocycles. The van der Waals surface area contributed by atoms with E-state index < -0.39 is 0 Å². The molecule has 25 heavy (non-hydrogen) atoms. The van der Waals surface area contributed by atoms with E-state index in [4.69, 9.17) is 0 Å². The predicted molar refractivity (Wildman–Crippen MR) is 96.2 cm³/mol. The van der Waals surface area contributed by atoms with Gasteiger partial charge in [0.05, 0.1) is 16.8 Å². The Morgan fingerprint density at radius 3 is 2.40 bits per heavy atom. The van der Waals surface area contributed by atoms with Gasteiger partial charge in [0.25, 0.3) is 11.8 Å². The van der Waals surface area contributed by atoms with Gasteiger partial charge < -0.3 is 5.01 Å². The van der Waals surface area contributed by atoms with Crippen LogP contribution in [0, 0.1) is 0 Å². The largest absolute Gasteiger partial charge is 0.308 e. The van der Waals surface area contributed by atoms with E-state index in [1.807, 2.05) is 6.07 Å². The van der Waals surface area contributed by atoms with Crippen LogP contribution in [0.25, 0.3) is 0 Å². The van der Waals surface area contributed by atoms with Gasteiger partial charge in [0.15, 0.2) is 0 Å². The summed E-state index contributed by atoms with van der Waals surface area (Å²) in [7, 11) is 0. The summed E-state index contributed by atoms with van der Waals surface area (Å²) in [6.45, 7) is 1.49. The number of hydrogen-bond donors (Lipinski definition) is 1. The minimum atomic E-state index is -0.264. The minimum absolute atomic E-state index is 0.264. The second-order valence-corrected chi connectivity index (χ2v) is 6.16. The lowest BCUT2D eigenvalue weighted by molar-refractivity contribution is 0.0721. The number of nitrogens with zero attached hydrogens (tertiary/aromatic N) is 2. The molecule has 2 amide bonds. The Labute approximate surface area is 146 Å². The van der Waals surface area contributed by atoms with Crippen LogP contribution in [0.15, 0.2) is 60.8 Å². The van der Waals surface area contributed by atoms with E-state index in [1.165, 1.54) is 16.2 Å². The van der Waals surface area contributed by atoms with E-state index >= 15 is 0 Å². The van der Waals surface area contributed by atoms with Crippen LogP contribution >= 0.6 is 0 Å². The molecule has 4 rings (SSSR count). The number of carbonyl (C=O) groups excluding carboxylic acids is 2. The maximum Gasteiger partial charge on any atom is 0.265 e. The van der Waals surface area contributed by atoms with Crippen molar-refractivity contribution in [3.63, 3.8) is 0 Å². The molecule has 2 aliphatic rings. The van der Waals surface area contributed by atoms with Gasteiger partial charge in [0.1, 0.15) is 0 Å². The Bertz CT molecular complexity index is 825. The quantitative estimate of drug-likeness (QED) is 0.874. The second kappa shape index (κ2) is 6.53. The summed E-state index contributed by atoms with van der Waals surface area (Å²) in [4.78, 5) is 25.8. The van der Waals surface area contributed by atoms with Crippen LogP contribution < -0.4 is 10.4 Å². The molecular weight excluding hydrogens is 314 g/mol. The van der Waals surface area contributed by atoms with Gasteiger partial charge in [-0.2, -0.15) is 0 Å². The molecule has 0 unspecified atom stereocenters. The van der Waals surface area contributed by atoms with Gasteiger partial charge in [-0.1, -0.05) is 36.4 Å². The first-order chi connectivity index (χ1) is 12.3. The Kier molecular flexibility index (Phi) is 4.07.